The summed E-state index contributed by atoms with van der Waals surface area (Å²) in [4.78, 5) is 43.0. The van der Waals surface area contributed by atoms with E-state index in [4.69, 9.17) is 5.41 Å². The van der Waals surface area contributed by atoms with Crippen molar-refractivity contribution in [2.24, 2.45) is 0 Å². The average Bonchev–Trinajstić information content (AvgIpc) is 3.39. The Labute approximate surface area is 186 Å². The molecule has 1 aliphatic heterocycles. The van der Waals surface area contributed by atoms with E-state index in [-0.39, 0.29) is 35.9 Å². The molecule has 1 aromatic heterocycles. The number of anilines is 1. The number of Topliss-reactive ketones (excluding diaryl/α,β-unsaturated/α-hetero) is 1. The quantitative estimate of drug-likeness (QED) is 0.552. The molecule has 2 aliphatic rings. The molecule has 8 heteroatoms. The van der Waals surface area contributed by atoms with E-state index < -0.39 is 6.04 Å². The predicted molar refractivity (Wildman–Crippen MR) is 121 cm³/mol. The van der Waals surface area contributed by atoms with E-state index in [0.29, 0.717) is 30.1 Å². The predicted octanol–water partition coefficient (Wildman–Crippen LogP) is 2.11. The molecule has 3 N–H and O–H groups in total. The van der Waals surface area contributed by atoms with Crippen LogP contribution < -0.4 is 10.6 Å². The SMILES string of the molecule is CC(=O)C(=N)c1ccncc1NCC(=O)N1CCC[C@H]1C(=O)N[C@@H]1C[C@H]1c1ccccc1. The van der Waals surface area contributed by atoms with Crippen LogP contribution in [0.5, 0.6) is 0 Å². The summed E-state index contributed by atoms with van der Waals surface area (Å²) in [6.45, 7) is 1.83. The molecular formula is C24H27N5O3. The standard InChI is InChI=1S/C24H27N5O3/c1-15(30)23(25)17-9-10-26-13-20(17)27-14-22(31)29-11-5-8-21(29)24(32)28-19-12-18(19)16-6-3-2-4-7-16/h2-4,6-7,9-10,13,18-19,21,25,27H,5,8,11-12,14H2,1H3,(H,28,32)/t18-,19+,21-/m0/s1. The number of rotatable bonds is 8. The number of ketones is 1. The fourth-order valence-corrected chi connectivity index (χ4v) is 4.26. The van der Waals surface area contributed by atoms with Crippen molar-refractivity contribution in [3.63, 3.8) is 0 Å². The number of carbonyl (C=O) groups excluding carboxylic acids is 3. The van der Waals surface area contributed by atoms with Crippen LogP contribution in [0.4, 0.5) is 5.69 Å². The first kappa shape index (κ1) is 21.7. The number of hydrogen-bond donors (Lipinski definition) is 3. The number of likely N-dealkylation sites (tertiary alicyclic amines) is 1. The lowest BCUT2D eigenvalue weighted by atomic mass is 10.1. The molecule has 166 valence electrons. The number of amides is 2. The molecule has 1 aromatic carbocycles. The van der Waals surface area contributed by atoms with Gasteiger partial charge in [0.2, 0.25) is 11.8 Å². The van der Waals surface area contributed by atoms with Crippen LogP contribution in [0.2, 0.25) is 0 Å². The minimum atomic E-state index is -0.467. The minimum absolute atomic E-state index is 0.0380. The van der Waals surface area contributed by atoms with Gasteiger partial charge in [0.1, 0.15) is 11.8 Å². The van der Waals surface area contributed by atoms with Crippen molar-refractivity contribution < 1.29 is 14.4 Å². The highest BCUT2D eigenvalue weighted by molar-refractivity contribution is 6.45. The van der Waals surface area contributed by atoms with Gasteiger partial charge in [-0.15, -0.1) is 0 Å². The normalized spacial score (nSPS) is 21.7. The van der Waals surface area contributed by atoms with Crippen LogP contribution in [0.25, 0.3) is 0 Å². The molecule has 8 nitrogen and oxygen atoms in total. The van der Waals surface area contributed by atoms with Gasteiger partial charge in [-0.05, 0) is 30.9 Å². The molecule has 2 fully saturated rings. The van der Waals surface area contributed by atoms with Crippen molar-refractivity contribution in [1.82, 2.24) is 15.2 Å². The van der Waals surface area contributed by atoms with Gasteiger partial charge in [-0.2, -0.15) is 0 Å². The fraction of sp³-hybridized carbons (Fsp3) is 0.375. The summed E-state index contributed by atoms with van der Waals surface area (Å²) in [6, 6.07) is 11.4. The largest absolute Gasteiger partial charge is 0.374 e. The molecule has 0 unspecified atom stereocenters. The Morgan fingerprint density at radius 2 is 1.97 bits per heavy atom. The third-order valence-corrected chi connectivity index (χ3v) is 6.09. The highest BCUT2D eigenvalue weighted by Gasteiger charge is 2.42. The molecule has 0 spiro atoms. The maximum absolute atomic E-state index is 12.9. The van der Waals surface area contributed by atoms with Crippen LogP contribution >= 0.6 is 0 Å². The van der Waals surface area contributed by atoms with Crippen molar-refractivity contribution in [3.8, 4) is 0 Å². The zero-order chi connectivity index (χ0) is 22.7. The molecule has 1 aliphatic carbocycles. The van der Waals surface area contributed by atoms with Gasteiger partial charge in [-0.1, -0.05) is 30.3 Å². The topological polar surface area (TPSA) is 115 Å². The van der Waals surface area contributed by atoms with E-state index in [0.717, 1.165) is 12.8 Å². The number of carbonyl (C=O) groups is 3. The number of benzene rings is 1. The zero-order valence-electron chi connectivity index (χ0n) is 18.0. The molecule has 32 heavy (non-hydrogen) atoms. The molecule has 2 heterocycles. The van der Waals surface area contributed by atoms with Crippen molar-refractivity contribution in [2.45, 2.75) is 44.2 Å². The maximum atomic E-state index is 12.9. The number of nitrogens with zero attached hydrogens (tertiary/aromatic N) is 2. The first-order valence-electron chi connectivity index (χ1n) is 10.9. The van der Waals surface area contributed by atoms with Crippen molar-refractivity contribution in [2.75, 3.05) is 18.4 Å². The van der Waals surface area contributed by atoms with E-state index in [1.54, 1.807) is 11.0 Å². The first-order valence-corrected chi connectivity index (χ1v) is 10.9. The lowest BCUT2D eigenvalue weighted by Crippen LogP contribution is -2.48. The van der Waals surface area contributed by atoms with Gasteiger partial charge in [0.05, 0.1) is 18.4 Å². The van der Waals surface area contributed by atoms with Crippen LogP contribution in [-0.4, -0.2) is 58.4 Å². The number of pyridine rings is 1. The van der Waals surface area contributed by atoms with Gasteiger partial charge in [-0.25, -0.2) is 0 Å². The van der Waals surface area contributed by atoms with Gasteiger partial charge in [-0.3, -0.25) is 24.8 Å². The molecule has 2 amide bonds. The van der Waals surface area contributed by atoms with E-state index in [2.05, 4.69) is 27.8 Å². The Bertz CT molecular complexity index is 1040. The molecule has 0 radical (unpaired) electrons. The molecule has 2 aromatic rings. The second-order valence-corrected chi connectivity index (χ2v) is 8.32. The van der Waals surface area contributed by atoms with Crippen molar-refractivity contribution in [3.05, 3.63) is 59.9 Å². The van der Waals surface area contributed by atoms with Crippen LogP contribution in [-0.2, 0) is 14.4 Å². The highest BCUT2D eigenvalue weighted by Crippen LogP contribution is 2.40. The summed E-state index contributed by atoms with van der Waals surface area (Å²) in [5.74, 6) is -0.314. The molecule has 3 atom stereocenters. The van der Waals surface area contributed by atoms with Crippen LogP contribution in [0.15, 0.2) is 48.8 Å². The van der Waals surface area contributed by atoms with Crippen LogP contribution in [0.1, 0.15) is 43.2 Å². The van der Waals surface area contributed by atoms with Gasteiger partial charge in [0, 0.05) is 37.2 Å². The third-order valence-electron chi connectivity index (χ3n) is 6.09. The van der Waals surface area contributed by atoms with Crippen molar-refractivity contribution >= 4 is 29.0 Å². The Morgan fingerprint density at radius 1 is 1.19 bits per heavy atom. The van der Waals surface area contributed by atoms with Crippen molar-refractivity contribution in [1.29, 1.82) is 5.41 Å². The summed E-state index contributed by atoms with van der Waals surface area (Å²) in [6.07, 6.45) is 5.34. The third kappa shape index (κ3) is 4.69. The zero-order valence-corrected chi connectivity index (χ0v) is 18.0. The smallest absolute Gasteiger partial charge is 0.243 e. The Kier molecular flexibility index (Phi) is 6.30. The van der Waals surface area contributed by atoms with Gasteiger partial charge >= 0.3 is 0 Å². The van der Waals surface area contributed by atoms with Gasteiger partial charge in [0.15, 0.2) is 5.78 Å². The first-order chi connectivity index (χ1) is 15.5. The minimum Gasteiger partial charge on any atom is -0.374 e. The van der Waals surface area contributed by atoms with Crippen LogP contribution in [0, 0.1) is 5.41 Å². The van der Waals surface area contributed by atoms with E-state index >= 15 is 0 Å². The van der Waals surface area contributed by atoms with E-state index in [1.165, 1.54) is 24.9 Å². The van der Waals surface area contributed by atoms with Gasteiger partial charge < -0.3 is 15.5 Å². The fourth-order valence-electron chi connectivity index (χ4n) is 4.26. The summed E-state index contributed by atoms with van der Waals surface area (Å²) < 4.78 is 0. The second-order valence-electron chi connectivity index (χ2n) is 8.32. The molecule has 4 rings (SSSR count). The van der Waals surface area contributed by atoms with E-state index in [1.807, 2.05) is 18.2 Å². The monoisotopic (exact) mass is 433 g/mol. The molecular weight excluding hydrogens is 406 g/mol. The maximum Gasteiger partial charge on any atom is 0.243 e. The summed E-state index contributed by atoms with van der Waals surface area (Å²) >= 11 is 0. The second kappa shape index (κ2) is 9.30. The molecule has 0 bridgehead atoms. The Balaban J connectivity index is 1.34. The molecule has 1 saturated carbocycles. The van der Waals surface area contributed by atoms with Crippen LogP contribution in [0.3, 0.4) is 0 Å². The Morgan fingerprint density at radius 3 is 2.72 bits per heavy atom. The van der Waals surface area contributed by atoms with Gasteiger partial charge in [0.25, 0.3) is 0 Å². The summed E-state index contributed by atoms with van der Waals surface area (Å²) in [5, 5.41) is 14.0. The van der Waals surface area contributed by atoms with E-state index in [9.17, 15) is 14.4 Å². The summed E-state index contributed by atoms with van der Waals surface area (Å²) in [5.41, 5.74) is 1.93. The highest BCUT2D eigenvalue weighted by atomic mass is 16.2. The molecule has 1 saturated heterocycles. The lowest BCUT2D eigenvalue weighted by Gasteiger charge is -2.24. The summed E-state index contributed by atoms with van der Waals surface area (Å²) in [7, 11) is 0. The number of hydrogen-bond acceptors (Lipinski definition) is 6. The average molecular weight is 434 g/mol. The number of aromatic nitrogens is 1. The Hall–Kier alpha value is -3.55. The number of nitrogens with one attached hydrogen (secondary N) is 3. The lowest BCUT2D eigenvalue weighted by molar-refractivity contribution is -0.137.